The van der Waals surface area contributed by atoms with Gasteiger partial charge in [-0.05, 0) is 49.4 Å². The lowest BCUT2D eigenvalue weighted by molar-refractivity contribution is -0.137. The first-order chi connectivity index (χ1) is 13.3. The van der Waals surface area contributed by atoms with Crippen LogP contribution in [0.3, 0.4) is 0 Å². The van der Waals surface area contributed by atoms with Crippen LogP contribution in [0.4, 0.5) is 24.8 Å². The summed E-state index contributed by atoms with van der Waals surface area (Å²) in [6.07, 6.45) is -2.78. The predicted octanol–water partition coefficient (Wildman–Crippen LogP) is 3.87. The van der Waals surface area contributed by atoms with Crippen molar-refractivity contribution in [2.75, 3.05) is 5.32 Å². The van der Waals surface area contributed by atoms with E-state index in [0.717, 1.165) is 12.1 Å². The van der Waals surface area contributed by atoms with Crippen molar-refractivity contribution in [1.82, 2.24) is 20.3 Å². The second-order valence-electron chi connectivity index (χ2n) is 5.92. The maximum Gasteiger partial charge on any atom is 0.416 e. The number of carbonyl (C=O) groups excluding carboxylic acids is 1. The molecule has 3 aromatic rings. The largest absolute Gasteiger partial charge is 0.416 e. The van der Waals surface area contributed by atoms with Crippen LogP contribution in [0, 0.1) is 6.92 Å². The Balaban J connectivity index is 1.71. The summed E-state index contributed by atoms with van der Waals surface area (Å²) in [7, 11) is 0. The van der Waals surface area contributed by atoms with E-state index in [4.69, 9.17) is 0 Å². The first-order valence-electron chi connectivity index (χ1n) is 8.29. The molecule has 1 aromatic carbocycles. The minimum Gasteiger partial charge on any atom is -0.345 e. The molecule has 144 valence electrons. The number of anilines is 2. The van der Waals surface area contributed by atoms with Crippen LogP contribution < -0.4 is 10.6 Å². The second-order valence-corrected chi connectivity index (χ2v) is 5.92. The number of nitrogens with zero attached hydrogens (tertiary/aromatic N) is 3. The van der Waals surface area contributed by atoms with Crippen molar-refractivity contribution in [1.29, 1.82) is 0 Å². The van der Waals surface area contributed by atoms with Crippen molar-refractivity contribution in [2.45, 2.75) is 19.6 Å². The number of aryl methyl sites for hydroxylation is 1. The fourth-order valence-corrected chi connectivity index (χ4v) is 2.38. The molecule has 6 nitrogen and oxygen atoms in total. The summed E-state index contributed by atoms with van der Waals surface area (Å²) in [5.74, 6) is -0.297. The third-order valence-electron chi connectivity index (χ3n) is 3.71. The van der Waals surface area contributed by atoms with Crippen molar-refractivity contribution in [2.24, 2.45) is 0 Å². The summed E-state index contributed by atoms with van der Waals surface area (Å²) < 4.78 is 37.9. The van der Waals surface area contributed by atoms with Crippen LogP contribution in [0.15, 0.2) is 54.7 Å². The minimum absolute atomic E-state index is 0.114. The summed E-state index contributed by atoms with van der Waals surface area (Å²) in [5.41, 5.74) is 0.992. The highest BCUT2D eigenvalue weighted by Crippen LogP contribution is 2.30. The Kier molecular flexibility index (Phi) is 5.53. The maximum atomic E-state index is 12.6. The molecule has 2 N–H and O–H groups in total. The van der Waals surface area contributed by atoms with Crippen molar-refractivity contribution in [3.63, 3.8) is 0 Å². The second kappa shape index (κ2) is 8.03. The van der Waals surface area contributed by atoms with Gasteiger partial charge >= 0.3 is 6.18 Å². The minimum atomic E-state index is -4.41. The van der Waals surface area contributed by atoms with Gasteiger partial charge in [0.1, 0.15) is 5.69 Å². The van der Waals surface area contributed by atoms with E-state index in [-0.39, 0.29) is 18.2 Å². The number of alkyl halides is 3. The smallest absolute Gasteiger partial charge is 0.345 e. The van der Waals surface area contributed by atoms with Crippen molar-refractivity contribution < 1.29 is 18.0 Å². The number of halogens is 3. The van der Waals surface area contributed by atoms with Gasteiger partial charge in [-0.2, -0.15) is 13.2 Å². The molecule has 2 aromatic heterocycles. The van der Waals surface area contributed by atoms with E-state index in [9.17, 15) is 18.0 Å². The lowest BCUT2D eigenvalue weighted by Crippen LogP contribution is -2.24. The number of nitrogens with one attached hydrogen (secondary N) is 2. The van der Waals surface area contributed by atoms with E-state index in [1.807, 2.05) is 6.07 Å². The molecule has 0 saturated heterocycles. The molecule has 0 bridgehead atoms. The number of benzene rings is 1. The number of hydrogen-bond donors (Lipinski definition) is 2. The number of pyridine rings is 1. The highest BCUT2D eigenvalue weighted by molar-refractivity contribution is 5.92. The molecule has 28 heavy (non-hydrogen) atoms. The molecule has 2 heterocycles. The lowest BCUT2D eigenvalue weighted by Gasteiger charge is -2.10. The van der Waals surface area contributed by atoms with Crippen LogP contribution >= 0.6 is 0 Å². The Labute approximate surface area is 158 Å². The molecule has 0 spiro atoms. The molecular formula is C19H16F3N5O. The molecule has 0 radical (unpaired) electrons. The van der Waals surface area contributed by atoms with Gasteiger partial charge in [0.15, 0.2) is 0 Å². The molecule has 0 saturated carbocycles. The van der Waals surface area contributed by atoms with Gasteiger partial charge in [-0.15, -0.1) is 0 Å². The number of amides is 1. The van der Waals surface area contributed by atoms with Gasteiger partial charge in [0.25, 0.3) is 5.91 Å². The Morgan fingerprint density at radius 3 is 2.46 bits per heavy atom. The molecule has 9 heteroatoms. The van der Waals surface area contributed by atoms with E-state index in [1.165, 1.54) is 18.2 Å². The van der Waals surface area contributed by atoms with Gasteiger partial charge in [-0.3, -0.25) is 9.78 Å². The standard InChI is InChI=1S/C19H16F3N5O/c1-12-10-16(17(28)24-11-15-4-2-3-9-23-15)27-18(25-12)26-14-7-5-13(6-8-14)19(20,21)22/h2-10H,11H2,1H3,(H,24,28)(H,25,26,27). The van der Waals surface area contributed by atoms with Crippen LogP contribution in [-0.4, -0.2) is 20.9 Å². The number of rotatable bonds is 5. The van der Waals surface area contributed by atoms with Crippen molar-refractivity contribution in [3.8, 4) is 0 Å². The first kappa shape index (κ1) is 19.3. The van der Waals surface area contributed by atoms with Crippen LogP contribution in [0.5, 0.6) is 0 Å². The molecule has 3 rings (SSSR count). The van der Waals surface area contributed by atoms with Crippen molar-refractivity contribution >= 4 is 17.5 Å². The third kappa shape index (κ3) is 5.03. The monoisotopic (exact) mass is 387 g/mol. The van der Waals surface area contributed by atoms with Gasteiger partial charge in [0.2, 0.25) is 5.95 Å². The topological polar surface area (TPSA) is 79.8 Å². The van der Waals surface area contributed by atoms with Gasteiger partial charge in [-0.25, -0.2) is 9.97 Å². The summed E-state index contributed by atoms with van der Waals surface area (Å²) in [5, 5.41) is 5.52. The highest BCUT2D eigenvalue weighted by Gasteiger charge is 2.29. The molecule has 0 atom stereocenters. The van der Waals surface area contributed by atoms with E-state index in [2.05, 4.69) is 25.6 Å². The van der Waals surface area contributed by atoms with Crippen molar-refractivity contribution in [3.05, 3.63) is 77.4 Å². The SMILES string of the molecule is Cc1cc(C(=O)NCc2ccccn2)nc(Nc2ccc(C(F)(F)F)cc2)n1. The molecule has 0 unspecified atom stereocenters. The van der Waals surface area contributed by atoms with Crippen LogP contribution in [-0.2, 0) is 12.7 Å². The summed E-state index contributed by atoms with van der Waals surface area (Å²) >= 11 is 0. The number of aromatic nitrogens is 3. The third-order valence-corrected chi connectivity index (χ3v) is 3.71. The van der Waals surface area contributed by atoms with E-state index >= 15 is 0 Å². The Morgan fingerprint density at radius 1 is 1.07 bits per heavy atom. The maximum absolute atomic E-state index is 12.6. The Hall–Kier alpha value is -3.49. The first-order valence-corrected chi connectivity index (χ1v) is 8.29. The zero-order valence-corrected chi connectivity index (χ0v) is 14.8. The van der Waals surface area contributed by atoms with Crippen LogP contribution in [0.1, 0.15) is 27.4 Å². The number of hydrogen-bond acceptors (Lipinski definition) is 5. The number of carbonyl (C=O) groups is 1. The molecular weight excluding hydrogens is 371 g/mol. The zero-order chi connectivity index (χ0) is 20.1. The zero-order valence-electron chi connectivity index (χ0n) is 14.8. The molecule has 0 fully saturated rings. The van der Waals surface area contributed by atoms with Gasteiger partial charge in [-0.1, -0.05) is 6.07 Å². The van der Waals surface area contributed by atoms with E-state index < -0.39 is 17.6 Å². The highest BCUT2D eigenvalue weighted by atomic mass is 19.4. The fourth-order valence-electron chi connectivity index (χ4n) is 2.38. The van der Waals surface area contributed by atoms with Gasteiger partial charge in [0, 0.05) is 17.6 Å². The quantitative estimate of drug-likeness (QED) is 0.695. The van der Waals surface area contributed by atoms with Crippen LogP contribution in [0.2, 0.25) is 0 Å². The Morgan fingerprint density at radius 2 is 1.82 bits per heavy atom. The van der Waals surface area contributed by atoms with Gasteiger partial charge in [0.05, 0.1) is 17.8 Å². The molecule has 0 aliphatic heterocycles. The summed E-state index contributed by atoms with van der Waals surface area (Å²) in [6.45, 7) is 1.93. The van der Waals surface area contributed by atoms with E-state index in [1.54, 1.807) is 25.3 Å². The fraction of sp³-hybridized carbons (Fsp3) is 0.158. The molecule has 0 aliphatic carbocycles. The van der Waals surface area contributed by atoms with E-state index in [0.29, 0.717) is 17.1 Å². The average molecular weight is 387 g/mol. The average Bonchev–Trinajstić information content (AvgIpc) is 2.66. The Bertz CT molecular complexity index is 960. The molecule has 0 aliphatic rings. The predicted molar refractivity (Wildman–Crippen MR) is 96.9 cm³/mol. The normalized spacial score (nSPS) is 11.1. The van der Waals surface area contributed by atoms with Gasteiger partial charge < -0.3 is 10.6 Å². The summed E-state index contributed by atoms with van der Waals surface area (Å²) in [4.78, 5) is 24.8. The molecule has 1 amide bonds. The summed E-state index contributed by atoms with van der Waals surface area (Å²) in [6, 6.07) is 11.4. The lowest BCUT2D eigenvalue weighted by atomic mass is 10.2. The van der Waals surface area contributed by atoms with Crippen LogP contribution in [0.25, 0.3) is 0 Å².